The average molecular weight is 285 g/mol. The van der Waals surface area contributed by atoms with Crippen molar-refractivity contribution in [3.63, 3.8) is 0 Å². The van der Waals surface area contributed by atoms with E-state index >= 15 is 0 Å². The number of amides is 2. The van der Waals surface area contributed by atoms with Crippen LogP contribution in [-0.4, -0.2) is 12.6 Å². The summed E-state index contributed by atoms with van der Waals surface area (Å²) in [6.07, 6.45) is 0. The van der Waals surface area contributed by atoms with E-state index < -0.39 is 0 Å². The first-order valence-corrected chi connectivity index (χ1v) is 6.81. The zero-order valence-corrected chi connectivity index (χ0v) is 11.9. The molecule has 0 aromatic heterocycles. The fraction of sp³-hybridized carbons (Fsp3) is 0.188. The van der Waals surface area contributed by atoms with Crippen molar-refractivity contribution in [3.8, 4) is 5.75 Å². The van der Waals surface area contributed by atoms with Gasteiger partial charge in [-0.2, -0.15) is 0 Å². The van der Waals surface area contributed by atoms with E-state index in [1.165, 1.54) is 0 Å². The maximum Gasteiger partial charge on any atom is 0.323 e. The third-order valence-electron chi connectivity index (χ3n) is 2.87. The highest BCUT2D eigenvalue weighted by atomic mass is 16.5. The largest absolute Gasteiger partial charge is 0.494 e. The Bertz CT molecular complexity index is 600. The molecule has 0 aliphatic heterocycles. The highest BCUT2D eigenvalue weighted by molar-refractivity contribution is 5.99. The molecule has 0 radical (unpaired) electrons. The molecule has 0 bridgehead atoms. The number of nitrogens with one attached hydrogen (secondary N) is 2. The topological polar surface area (TPSA) is 76.4 Å². The summed E-state index contributed by atoms with van der Waals surface area (Å²) in [4.78, 5) is 11.9. The van der Waals surface area contributed by atoms with Gasteiger partial charge in [-0.25, -0.2) is 4.79 Å². The Labute approximate surface area is 124 Å². The monoisotopic (exact) mass is 285 g/mol. The van der Waals surface area contributed by atoms with Crippen LogP contribution in [0.1, 0.15) is 12.5 Å². The Kier molecular flexibility index (Phi) is 5.17. The van der Waals surface area contributed by atoms with E-state index in [1.54, 1.807) is 6.07 Å². The third-order valence-corrected chi connectivity index (χ3v) is 2.87. The Balaban J connectivity index is 2.04. The quantitative estimate of drug-likeness (QED) is 0.789. The van der Waals surface area contributed by atoms with Crippen molar-refractivity contribution in [3.05, 3.63) is 54.1 Å². The van der Waals surface area contributed by atoms with E-state index in [9.17, 15) is 4.79 Å². The van der Waals surface area contributed by atoms with Crippen molar-refractivity contribution >= 4 is 17.4 Å². The van der Waals surface area contributed by atoms with Crippen LogP contribution in [0.5, 0.6) is 5.75 Å². The molecule has 0 unspecified atom stereocenters. The first-order valence-electron chi connectivity index (χ1n) is 6.81. The van der Waals surface area contributed by atoms with Gasteiger partial charge in [0.15, 0.2) is 0 Å². The van der Waals surface area contributed by atoms with Gasteiger partial charge in [-0.15, -0.1) is 0 Å². The van der Waals surface area contributed by atoms with Crippen LogP contribution in [0.25, 0.3) is 0 Å². The number of carbonyl (C=O) groups excluding carboxylic acids is 1. The predicted molar refractivity (Wildman–Crippen MR) is 84.6 cm³/mol. The summed E-state index contributed by atoms with van der Waals surface area (Å²) in [5.41, 5.74) is 7.96. The minimum atomic E-state index is -0.298. The molecule has 0 spiro atoms. The average Bonchev–Trinajstić information content (AvgIpc) is 2.50. The second-order valence-electron chi connectivity index (χ2n) is 4.40. The van der Waals surface area contributed by atoms with Gasteiger partial charge in [0.1, 0.15) is 5.75 Å². The zero-order valence-electron chi connectivity index (χ0n) is 11.9. The van der Waals surface area contributed by atoms with E-state index in [0.29, 0.717) is 18.8 Å². The molecule has 0 aliphatic carbocycles. The summed E-state index contributed by atoms with van der Waals surface area (Å²) in [6.45, 7) is 2.85. The zero-order chi connectivity index (χ0) is 15.1. The summed E-state index contributed by atoms with van der Waals surface area (Å²) < 4.78 is 5.48. The molecule has 21 heavy (non-hydrogen) atoms. The van der Waals surface area contributed by atoms with Gasteiger partial charge in [-0.05, 0) is 37.3 Å². The van der Waals surface area contributed by atoms with Crippen LogP contribution in [0.2, 0.25) is 0 Å². The Morgan fingerprint density at radius 2 is 1.81 bits per heavy atom. The molecule has 5 heteroatoms. The number of anilines is 2. The van der Waals surface area contributed by atoms with Crippen molar-refractivity contribution in [2.24, 2.45) is 5.73 Å². The Morgan fingerprint density at radius 3 is 2.48 bits per heavy atom. The maximum absolute atomic E-state index is 11.9. The van der Waals surface area contributed by atoms with E-state index in [2.05, 4.69) is 10.6 Å². The van der Waals surface area contributed by atoms with Gasteiger partial charge in [0.2, 0.25) is 0 Å². The lowest BCUT2D eigenvalue weighted by Gasteiger charge is -2.12. The number of ether oxygens (including phenoxy) is 1. The molecule has 110 valence electrons. The molecule has 2 aromatic rings. The molecular formula is C16H19N3O2. The number of benzene rings is 2. The number of rotatable bonds is 5. The lowest BCUT2D eigenvalue weighted by atomic mass is 10.2. The smallest absolute Gasteiger partial charge is 0.323 e. The van der Waals surface area contributed by atoms with Crippen LogP contribution in [0.4, 0.5) is 16.2 Å². The molecule has 0 saturated carbocycles. The number of urea groups is 1. The lowest BCUT2D eigenvalue weighted by Crippen LogP contribution is -2.19. The number of hydrogen-bond acceptors (Lipinski definition) is 3. The van der Waals surface area contributed by atoms with Crippen LogP contribution in [0.15, 0.2) is 48.5 Å². The first-order chi connectivity index (χ1) is 10.2. The Morgan fingerprint density at radius 1 is 1.10 bits per heavy atom. The van der Waals surface area contributed by atoms with Crippen LogP contribution in [-0.2, 0) is 6.54 Å². The lowest BCUT2D eigenvalue weighted by molar-refractivity contribution is 0.262. The summed E-state index contributed by atoms with van der Waals surface area (Å²) >= 11 is 0. The summed E-state index contributed by atoms with van der Waals surface area (Å²) in [7, 11) is 0. The van der Waals surface area contributed by atoms with E-state index in [4.69, 9.17) is 10.5 Å². The van der Waals surface area contributed by atoms with Crippen molar-refractivity contribution in [1.29, 1.82) is 0 Å². The molecule has 2 aromatic carbocycles. The van der Waals surface area contributed by atoms with Crippen molar-refractivity contribution < 1.29 is 9.53 Å². The number of para-hydroxylation sites is 1. The van der Waals surface area contributed by atoms with E-state index in [-0.39, 0.29) is 6.03 Å². The molecule has 4 N–H and O–H groups in total. The molecule has 0 atom stereocenters. The van der Waals surface area contributed by atoms with Crippen LogP contribution in [0.3, 0.4) is 0 Å². The number of nitrogens with two attached hydrogens (primary N) is 1. The van der Waals surface area contributed by atoms with Gasteiger partial charge in [-0.3, -0.25) is 0 Å². The highest BCUT2D eigenvalue weighted by Gasteiger charge is 2.06. The second kappa shape index (κ2) is 7.31. The number of carbonyl (C=O) groups is 1. The van der Waals surface area contributed by atoms with E-state index in [1.807, 2.05) is 49.4 Å². The fourth-order valence-corrected chi connectivity index (χ4v) is 1.93. The van der Waals surface area contributed by atoms with Crippen LogP contribution in [0, 0.1) is 0 Å². The van der Waals surface area contributed by atoms with Gasteiger partial charge in [-0.1, -0.05) is 18.2 Å². The summed E-state index contributed by atoms with van der Waals surface area (Å²) in [5.74, 6) is 0.744. The standard InChI is InChI=1S/C16H19N3O2/c1-2-21-15-9-8-14(10-12(15)11-17)19-16(20)18-13-6-4-3-5-7-13/h3-10H,2,11,17H2,1H3,(H2,18,19,20). The SMILES string of the molecule is CCOc1ccc(NC(=O)Nc2ccccc2)cc1CN. The van der Waals surface area contributed by atoms with Crippen molar-refractivity contribution in [2.45, 2.75) is 13.5 Å². The summed E-state index contributed by atoms with van der Waals surface area (Å²) in [5, 5.41) is 5.53. The molecule has 0 saturated heterocycles. The summed E-state index contributed by atoms with van der Waals surface area (Å²) in [6, 6.07) is 14.4. The molecule has 0 heterocycles. The van der Waals surface area contributed by atoms with Gasteiger partial charge in [0, 0.05) is 23.5 Å². The normalized spacial score (nSPS) is 10.0. The number of hydrogen-bond donors (Lipinski definition) is 3. The predicted octanol–water partition coefficient (Wildman–Crippen LogP) is 3.19. The van der Waals surface area contributed by atoms with Crippen molar-refractivity contribution in [1.82, 2.24) is 0 Å². The fourth-order valence-electron chi connectivity index (χ4n) is 1.93. The first kappa shape index (κ1) is 14.9. The molecule has 0 fully saturated rings. The second-order valence-corrected chi connectivity index (χ2v) is 4.40. The van der Waals surface area contributed by atoms with E-state index in [0.717, 1.165) is 17.0 Å². The Hall–Kier alpha value is -2.53. The van der Waals surface area contributed by atoms with Gasteiger partial charge in [0.05, 0.1) is 6.61 Å². The van der Waals surface area contributed by atoms with Gasteiger partial charge in [0.25, 0.3) is 0 Å². The van der Waals surface area contributed by atoms with Gasteiger partial charge >= 0.3 is 6.03 Å². The minimum Gasteiger partial charge on any atom is -0.494 e. The third kappa shape index (κ3) is 4.22. The molecule has 2 rings (SSSR count). The maximum atomic E-state index is 11.9. The minimum absolute atomic E-state index is 0.298. The molecular weight excluding hydrogens is 266 g/mol. The molecule has 0 aliphatic rings. The van der Waals surface area contributed by atoms with Crippen LogP contribution < -0.4 is 21.1 Å². The highest BCUT2D eigenvalue weighted by Crippen LogP contribution is 2.22. The molecule has 5 nitrogen and oxygen atoms in total. The van der Waals surface area contributed by atoms with Gasteiger partial charge < -0.3 is 21.1 Å². The van der Waals surface area contributed by atoms with Crippen molar-refractivity contribution in [2.75, 3.05) is 17.2 Å². The van der Waals surface area contributed by atoms with Crippen LogP contribution >= 0.6 is 0 Å². The molecule has 2 amide bonds.